The Morgan fingerprint density at radius 3 is 1.44 bits per heavy atom. The van der Waals surface area contributed by atoms with Crippen LogP contribution in [0.5, 0.6) is 0 Å². The van der Waals surface area contributed by atoms with Crippen LogP contribution < -0.4 is 9.80 Å². The summed E-state index contributed by atoms with van der Waals surface area (Å²) < 4.78 is 0. The molecule has 0 radical (unpaired) electrons. The van der Waals surface area contributed by atoms with Crippen molar-refractivity contribution >= 4 is 11.4 Å². The first-order valence-corrected chi connectivity index (χ1v) is 10.2. The lowest BCUT2D eigenvalue weighted by Gasteiger charge is -2.37. The van der Waals surface area contributed by atoms with Gasteiger partial charge in [-0.05, 0) is 47.9 Å². The number of aryl methyl sites for hydroxylation is 2. The Labute approximate surface area is 161 Å². The molecule has 3 aliphatic rings. The molecule has 2 nitrogen and oxygen atoms in total. The van der Waals surface area contributed by atoms with Gasteiger partial charge in [0.1, 0.15) is 0 Å². The van der Waals surface area contributed by atoms with E-state index in [0.717, 1.165) is 6.67 Å². The fourth-order valence-electron chi connectivity index (χ4n) is 5.46. The Morgan fingerprint density at radius 2 is 1.00 bits per heavy atom. The van der Waals surface area contributed by atoms with E-state index in [2.05, 4.69) is 82.6 Å². The molecule has 0 bridgehead atoms. The lowest BCUT2D eigenvalue weighted by atomic mass is 9.87. The molecule has 0 saturated carbocycles. The summed E-state index contributed by atoms with van der Waals surface area (Å²) in [7, 11) is 0. The van der Waals surface area contributed by atoms with Gasteiger partial charge in [0.25, 0.3) is 0 Å². The van der Waals surface area contributed by atoms with Crippen molar-refractivity contribution in [2.45, 2.75) is 37.8 Å². The largest absolute Gasteiger partial charge is 0.345 e. The molecule has 3 aromatic rings. The van der Waals surface area contributed by atoms with Gasteiger partial charge in [-0.25, -0.2) is 0 Å². The molecule has 0 unspecified atom stereocenters. The van der Waals surface area contributed by atoms with Gasteiger partial charge in [-0.2, -0.15) is 0 Å². The third-order valence-electron chi connectivity index (χ3n) is 6.69. The third kappa shape index (κ3) is 2.26. The van der Waals surface area contributed by atoms with Crippen LogP contribution in [0, 0.1) is 0 Å². The van der Waals surface area contributed by atoms with E-state index in [1.807, 2.05) is 0 Å². The van der Waals surface area contributed by atoms with Gasteiger partial charge in [0, 0.05) is 0 Å². The Bertz CT molecular complexity index is 899. The maximum absolute atomic E-state index is 2.69. The molecular weight excluding hydrogens is 328 g/mol. The standard InChI is InChI=1S/C25H24N2/c1-3-7-18(8-4-1)22-15-13-20-11-12-21-14-16-23(19-9-5-2-6-10-19)27-17-26(22)24(20)25(21)27/h1-12,22-23H,13-17H2/t22-,23-/m0/s1. The highest BCUT2D eigenvalue weighted by Crippen LogP contribution is 2.54. The van der Waals surface area contributed by atoms with Crippen LogP contribution >= 0.6 is 0 Å². The summed E-state index contributed by atoms with van der Waals surface area (Å²) >= 11 is 0. The number of anilines is 2. The molecule has 2 heteroatoms. The number of benzene rings is 3. The van der Waals surface area contributed by atoms with Gasteiger partial charge in [0.05, 0.1) is 30.1 Å². The number of rotatable bonds is 2. The molecule has 0 aliphatic carbocycles. The molecule has 2 atom stereocenters. The Hall–Kier alpha value is -2.74. The monoisotopic (exact) mass is 352 g/mol. The zero-order valence-electron chi connectivity index (χ0n) is 15.5. The van der Waals surface area contributed by atoms with Gasteiger partial charge in [0.2, 0.25) is 0 Å². The van der Waals surface area contributed by atoms with Crippen molar-refractivity contribution in [1.82, 2.24) is 0 Å². The van der Waals surface area contributed by atoms with Gasteiger partial charge in [-0.1, -0.05) is 72.8 Å². The smallest absolute Gasteiger partial charge is 0.0916 e. The fraction of sp³-hybridized carbons (Fsp3) is 0.280. The van der Waals surface area contributed by atoms with E-state index >= 15 is 0 Å². The Morgan fingerprint density at radius 1 is 0.556 bits per heavy atom. The first kappa shape index (κ1) is 15.3. The SMILES string of the molecule is c1ccc([C@@H]2CCc3ccc4c5c3N2CN5[C@H](c2ccccc2)CC4)cc1. The molecule has 0 fully saturated rings. The minimum absolute atomic E-state index is 0.493. The van der Waals surface area contributed by atoms with E-state index in [-0.39, 0.29) is 0 Å². The molecule has 6 rings (SSSR count). The van der Waals surface area contributed by atoms with Crippen LogP contribution in [0.15, 0.2) is 72.8 Å². The van der Waals surface area contributed by atoms with Crippen LogP contribution in [0.2, 0.25) is 0 Å². The summed E-state index contributed by atoms with van der Waals surface area (Å²) in [6.45, 7) is 1.01. The molecule has 3 heterocycles. The van der Waals surface area contributed by atoms with Gasteiger partial charge < -0.3 is 9.80 Å². The van der Waals surface area contributed by atoms with Crippen LogP contribution in [0.25, 0.3) is 0 Å². The van der Waals surface area contributed by atoms with Crippen molar-refractivity contribution in [1.29, 1.82) is 0 Å². The molecule has 0 spiro atoms. The summed E-state index contributed by atoms with van der Waals surface area (Å²) in [5, 5.41) is 0. The molecule has 0 N–H and O–H groups in total. The highest BCUT2D eigenvalue weighted by atomic mass is 15.4. The average Bonchev–Trinajstić information content (AvgIpc) is 3.15. The van der Waals surface area contributed by atoms with Gasteiger partial charge in [-0.15, -0.1) is 0 Å². The highest BCUT2D eigenvalue weighted by Gasteiger charge is 2.42. The third-order valence-corrected chi connectivity index (χ3v) is 6.69. The molecule has 0 aromatic heterocycles. The minimum Gasteiger partial charge on any atom is -0.345 e. The molecule has 0 saturated heterocycles. The lowest BCUT2D eigenvalue weighted by Crippen LogP contribution is -2.38. The first-order chi connectivity index (χ1) is 13.4. The van der Waals surface area contributed by atoms with Gasteiger partial charge in [-0.3, -0.25) is 0 Å². The normalized spacial score (nSPS) is 22.7. The van der Waals surface area contributed by atoms with E-state index in [9.17, 15) is 0 Å². The predicted octanol–water partition coefficient (Wildman–Crippen LogP) is 5.65. The van der Waals surface area contributed by atoms with Crippen LogP contribution in [0.4, 0.5) is 11.4 Å². The van der Waals surface area contributed by atoms with Crippen LogP contribution in [0.3, 0.4) is 0 Å². The number of nitrogens with zero attached hydrogens (tertiary/aromatic N) is 2. The first-order valence-electron chi connectivity index (χ1n) is 10.2. The second kappa shape index (κ2) is 5.88. The number of hydrogen-bond acceptors (Lipinski definition) is 2. The van der Waals surface area contributed by atoms with E-state index < -0.39 is 0 Å². The molecule has 134 valence electrons. The quantitative estimate of drug-likeness (QED) is 0.588. The maximum Gasteiger partial charge on any atom is 0.0916 e. The summed E-state index contributed by atoms with van der Waals surface area (Å²) in [6.07, 6.45) is 4.78. The maximum atomic E-state index is 2.69. The second-order valence-electron chi connectivity index (χ2n) is 8.09. The summed E-state index contributed by atoms with van der Waals surface area (Å²) in [5.41, 5.74) is 9.03. The molecular formula is C25H24N2. The molecule has 3 aliphatic heterocycles. The van der Waals surface area contributed by atoms with E-state index in [1.165, 1.54) is 59.3 Å². The predicted molar refractivity (Wildman–Crippen MR) is 111 cm³/mol. The Kier molecular flexibility index (Phi) is 3.34. The van der Waals surface area contributed by atoms with Gasteiger partial charge in [0.15, 0.2) is 0 Å². The molecule has 3 aromatic carbocycles. The van der Waals surface area contributed by atoms with Crippen molar-refractivity contribution in [3.05, 3.63) is 95.1 Å². The van der Waals surface area contributed by atoms with E-state index in [0.29, 0.717) is 12.1 Å². The highest BCUT2D eigenvalue weighted by molar-refractivity contribution is 5.85. The van der Waals surface area contributed by atoms with Crippen LogP contribution in [-0.4, -0.2) is 6.67 Å². The fourth-order valence-corrected chi connectivity index (χ4v) is 5.46. The van der Waals surface area contributed by atoms with Crippen molar-refractivity contribution in [2.24, 2.45) is 0 Å². The van der Waals surface area contributed by atoms with Crippen LogP contribution in [0.1, 0.15) is 47.2 Å². The number of hydrogen-bond donors (Lipinski definition) is 0. The Balaban J connectivity index is 1.47. The zero-order chi connectivity index (χ0) is 17.8. The van der Waals surface area contributed by atoms with Crippen molar-refractivity contribution in [3.8, 4) is 0 Å². The summed E-state index contributed by atoms with van der Waals surface area (Å²) in [4.78, 5) is 5.38. The van der Waals surface area contributed by atoms with Crippen molar-refractivity contribution in [3.63, 3.8) is 0 Å². The van der Waals surface area contributed by atoms with E-state index in [1.54, 1.807) is 0 Å². The topological polar surface area (TPSA) is 6.48 Å². The van der Waals surface area contributed by atoms with Crippen molar-refractivity contribution < 1.29 is 0 Å². The lowest BCUT2D eigenvalue weighted by molar-refractivity contribution is 0.520. The van der Waals surface area contributed by atoms with Gasteiger partial charge >= 0.3 is 0 Å². The summed E-state index contributed by atoms with van der Waals surface area (Å²) in [5.74, 6) is 0. The molecule has 0 amide bonds. The van der Waals surface area contributed by atoms with Crippen molar-refractivity contribution in [2.75, 3.05) is 16.5 Å². The minimum atomic E-state index is 0.493. The summed E-state index contributed by atoms with van der Waals surface area (Å²) in [6, 6.07) is 28.0. The molecule has 27 heavy (non-hydrogen) atoms. The average molecular weight is 352 g/mol. The second-order valence-corrected chi connectivity index (χ2v) is 8.09. The van der Waals surface area contributed by atoms with E-state index in [4.69, 9.17) is 0 Å². The zero-order valence-corrected chi connectivity index (χ0v) is 15.5. The van der Waals surface area contributed by atoms with Crippen LogP contribution in [-0.2, 0) is 12.8 Å².